The summed E-state index contributed by atoms with van der Waals surface area (Å²) in [6, 6.07) is 15.1. The molecule has 0 aliphatic carbocycles. The van der Waals surface area contributed by atoms with Crippen molar-refractivity contribution in [2.45, 2.75) is 57.0 Å². The maximum atomic E-state index is 14.7. The minimum Gasteiger partial charge on any atom is -0.394 e. The van der Waals surface area contributed by atoms with E-state index in [0.29, 0.717) is 30.2 Å². The Hall–Kier alpha value is -3.46. The number of halogens is 1. The molecule has 1 spiro atoms. The number of nitrogens with zero attached hydrogens (tertiary/aromatic N) is 3. The third-order valence-electron chi connectivity index (χ3n) is 9.29. The van der Waals surface area contributed by atoms with Gasteiger partial charge < -0.3 is 24.5 Å². The van der Waals surface area contributed by atoms with Crippen LogP contribution in [0.25, 0.3) is 0 Å². The number of hydrogen-bond donors (Lipinski definition) is 1. The Kier molecular flexibility index (Phi) is 7.73. The first kappa shape index (κ1) is 29.6. The first-order chi connectivity index (χ1) is 20.6. The van der Waals surface area contributed by atoms with Crippen LogP contribution in [0.2, 0.25) is 5.02 Å². The molecule has 9 heteroatoms. The molecule has 2 saturated heterocycles. The topological polar surface area (TPSA) is 90.4 Å². The number of fused-ring (bicyclic) bond motifs is 2. The van der Waals surface area contributed by atoms with Crippen molar-refractivity contribution < 1.29 is 24.2 Å². The number of likely N-dealkylation sites (tertiary alicyclic amines) is 1. The van der Waals surface area contributed by atoms with Crippen LogP contribution in [0, 0.1) is 17.8 Å². The highest BCUT2D eigenvalue weighted by Crippen LogP contribution is 2.58. The van der Waals surface area contributed by atoms with Crippen LogP contribution < -0.4 is 4.90 Å². The number of para-hydroxylation sites is 1. The van der Waals surface area contributed by atoms with Gasteiger partial charge in [-0.1, -0.05) is 92.2 Å². The number of aliphatic hydroxyl groups is 1. The van der Waals surface area contributed by atoms with E-state index in [1.54, 1.807) is 28.0 Å². The Balaban J connectivity index is 1.47. The molecule has 6 rings (SSSR count). The van der Waals surface area contributed by atoms with Crippen LogP contribution >= 0.6 is 11.6 Å². The van der Waals surface area contributed by atoms with E-state index in [0.717, 1.165) is 5.56 Å². The van der Waals surface area contributed by atoms with Gasteiger partial charge in [-0.3, -0.25) is 14.4 Å². The third-order valence-corrected chi connectivity index (χ3v) is 9.61. The van der Waals surface area contributed by atoms with E-state index in [1.807, 2.05) is 81.5 Å². The van der Waals surface area contributed by atoms with Gasteiger partial charge in [-0.25, -0.2) is 0 Å². The molecule has 226 valence electrons. The molecule has 2 aromatic rings. The lowest BCUT2D eigenvalue weighted by atomic mass is 9.74. The fourth-order valence-electron chi connectivity index (χ4n) is 7.56. The molecule has 2 aromatic carbocycles. The van der Waals surface area contributed by atoms with Gasteiger partial charge in [-0.15, -0.1) is 0 Å². The zero-order chi connectivity index (χ0) is 30.5. The fourth-order valence-corrected chi connectivity index (χ4v) is 7.80. The van der Waals surface area contributed by atoms with Gasteiger partial charge in [-0.05, 0) is 37.0 Å². The first-order valence-corrected chi connectivity index (χ1v) is 15.4. The smallest absolute Gasteiger partial charge is 0.253 e. The average molecular weight is 604 g/mol. The molecule has 0 aromatic heterocycles. The van der Waals surface area contributed by atoms with Crippen LogP contribution in [0.1, 0.15) is 32.8 Å². The largest absolute Gasteiger partial charge is 0.394 e. The Morgan fingerprint density at radius 2 is 1.63 bits per heavy atom. The number of carbonyl (C=O) groups is 3. The monoisotopic (exact) mass is 603 g/mol. The fraction of sp³-hybridized carbons (Fsp3) is 0.441. The average Bonchev–Trinajstić information content (AvgIpc) is 3.26. The van der Waals surface area contributed by atoms with Gasteiger partial charge in [0.2, 0.25) is 11.8 Å². The molecule has 6 atom stereocenters. The Labute approximate surface area is 257 Å². The number of rotatable bonds is 7. The predicted molar refractivity (Wildman–Crippen MR) is 164 cm³/mol. The molecule has 1 N–H and O–H groups in total. The second-order valence-electron chi connectivity index (χ2n) is 12.6. The van der Waals surface area contributed by atoms with Crippen LogP contribution in [-0.2, 0) is 25.7 Å². The number of hydrogen-bond acceptors (Lipinski definition) is 5. The highest BCUT2D eigenvalue weighted by molar-refractivity contribution is 6.34. The van der Waals surface area contributed by atoms with Crippen molar-refractivity contribution in [2.24, 2.45) is 17.8 Å². The van der Waals surface area contributed by atoms with Crippen LogP contribution in [0.5, 0.6) is 0 Å². The van der Waals surface area contributed by atoms with Gasteiger partial charge in [-0.2, -0.15) is 0 Å². The van der Waals surface area contributed by atoms with E-state index < -0.39 is 35.1 Å². The number of carbonyl (C=O) groups excluding carboxylic acids is 3. The normalized spacial score (nSPS) is 30.8. The molecule has 0 saturated carbocycles. The molecular formula is C34H38ClN3O5. The molecule has 0 bridgehead atoms. The third kappa shape index (κ3) is 4.80. The van der Waals surface area contributed by atoms with E-state index in [-0.39, 0.29) is 36.8 Å². The van der Waals surface area contributed by atoms with Crippen molar-refractivity contribution >= 4 is 35.0 Å². The summed E-state index contributed by atoms with van der Waals surface area (Å²) < 4.78 is 6.94. The standard InChI is InChI=1S/C34H38ClN3O5/c1-22(2)19-24(21-39)38-29-32(42)37(26-14-8-7-13-25(26)35)18-10-16-34(29)28(31(38)41)27-30(40)36(17-9-15-33(27,3)43-34)20-23-11-5-4-6-12-23/h4-16,22,24,27-29,39H,17-21H2,1-3H3/t24-,27+,28+,29?,33-,34+/m1/s1. The summed E-state index contributed by atoms with van der Waals surface area (Å²) in [5.41, 5.74) is -1.02. The van der Waals surface area contributed by atoms with Gasteiger partial charge in [0.1, 0.15) is 11.6 Å². The Morgan fingerprint density at radius 3 is 2.33 bits per heavy atom. The molecule has 43 heavy (non-hydrogen) atoms. The first-order valence-electron chi connectivity index (χ1n) is 15.0. The van der Waals surface area contributed by atoms with E-state index in [2.05, 4.69) is 0 Å². The quantitative estimate of drug-likeness (QED) is 0.479. The van der Waals surface area contributed by atoms with Crippen molar-refractivity contribution in [1.29, 1.82) is 0 Å². The van der Waals surface area contributed by atoms with E-state index in [1.165, 1.54) is 4.90 Å². The van der Waals surface area contributed by atoms with Crippen LogP contribution in [0.4, 0.5) is 5.69 Å². The van der Waals surface area contributed by atoms with Crippen molar-refractivity contribution in [3.63, 3.8) is 0 Å². The number of ether oxygens (including phenoxy) is 1. The van der Waals surface area contributed by atoms with Crippen molar-refractivity contribution in [3.8, 4) is 0 Å². The minimum atomic E-state index is -1.41. The molecule has 3 amide bonds. The van der Waals surface area contributed by atoms with Gasteiger partial charge >= 0.3 is 0 Å². The summed E-state index contributed by atoms with van der Waals surface area (Å²) in [4.78, 5) is 48.7. The van der Waals surface area contributed by atoms with Crippen LogP contribution in [-0.4, -0.2) is 75.6 Å². The van der Waals surface area contributed by atoms with Gasteiger partial charge in [0.25, 0.3) is 5.91 Å². The summed E-state index contributed by atoms with van der Waals surface area (Å²) in [6.45, 7) is 6.54. The van der Waals surface area contributed by atoms with Crippen molar-refractivity contribution in [1.82, 2.24) is 9.80 Å². The minimum absolute atomic E-state index is 0.146. The van der Waals surface area contributed by atoms with Crippen LogP contribution in [0.3, 0.4) is 0 Å². The number of aliphatic hydroxyl groups excluding tert-OH is 1. The summed E-state index contributed by atoms with van der Waals surface area (Å²) in [7, 11) is 0. The van der Waals surface area contributed by atoms with Crippen LogP contribution in [0.15, 0.2) is 78.9 Å². The highest BCUT2D eigenvalue weighted by Gasteiger charge is 2.75. The highest BCUT2D eigenvalue weighted by atomic mass is 35.5. The molecule has 1 unspecified atom stereocenters. The lowest BCUT2D eigenvalue weighted by Gasteiger charge is -2.40. The maximum absolute atomic E-state index is 14.7. The summed E-state index contributed by atoms with van der Waals surface area (Å²) in [5, 5.41) is 11.0. The molecule has 8 nitrogen and oxygen atoms in total. The molecule has 4 aliphatic heterocycles. The second-order valence-corrected chi connectivity index (χ2v) is 13.0. The lowest BCUT2D eigenvalue weighted by molar-refractivity contribution is -0.151. The van der Waals surface area contributed by atoms with E-state index >= 15 is 0 Å². The molecule has 0 radical (unpaired) electrons. The maximum Gasteiger partial charge on any atom is 0.253 e. The summed E-state index contributed by atoms with van der Waals surface area (Å²) in [6.07, 6.45) is 7.95. The summed E-state index contributed by atoms with van der Waals surface area (Å²) in [5.74, 6) is -2.56. The number of benzene rings is 2. The van der Waals surface area contributed by atoms with E-state index in [4.69, 9.17) is 16.3 Å². The summed E-state index contributed by atoms with van der Waals surface area (Å²) >= 11 is 6.56. The number of anilines is 1. The second kappa shape index (κ2) is 11.2. The predicted octanol–water partition coefficient (Wildman–Crippen LogP) is 4.22. The van der Waals surface area contributed by atoms with Crippen molar-refractivity contribution in [3.05, 3.63) is 89.5 Å². The SMILES string of the molecule is CC(C)C[C@H](CO)N1C(=O)[C@@H]2[C@H]3C(=O)N(Cc4ccccc4)CC=C[C@@]3(C)O[C@@]23C=CCN(c2ccccc2Cl)C(=O)C13. The zero-order valence-electron chi connectivity index (χ0n) is 24.7. The van der Waals surface area contributed by atoms with Gasteiger partial charge in [0, 0.05) is 19.6 Å². The molecule has 2 fully saturated rings. The van der Waals surface area contributed by atoms with Gasteiger partial charge in [0.15, 0.2) is 0 Å². The molecule has 4 aliphatic rings. The van der Waals surface area contributed by atoms with Crippen molar-refractivity contribution in [2.75, 3.05) is 24.6 Å². The van der Waals surface area contributed by atoms with E-state index in [9.17, 15) is 19.5 Å². The molecule has 4 heterocycles. The Bertz CT molecular complexity index is 1480. The lowest BCUT2D eigenvalue weighted by Crippen LogP contribution is -2.59. The molecular weight excluding hydrogens is 566 g/mol. The van der Waals surface area contributed by atoms with Gasteiger partial charge in [0.05, 0.1) is 40.8 Å². The zero-order valence-corrected chi connectivity index (χ0v) is 25.5. The number of amides is 3. The Morgan fingerprint density at radius 1 is 0.930 bits per heavy atom.